The molecule has 0 atom stereocenters. The highest BCUT2D eigenvalue weighted by Gasteiger charge is 2.08. The number of aryl methyl sites for hydroxylation is 1. The van der Waals surface area contributed by atoms with Gasteiger partial charge in [0, 0.05) is 5.69 Å². The van der Waals surface area contributed by atoms with Gasteiger partial charge < -0.3 is 9.73 Å². The second kappa shape index (κ2) is 7.33. The Balaban J connectivity index is 2.06. The molecule has 0 aliphatic carbocycles. The first-order valence-electron chi connectivity index (χ1n) is 6.36. The van der Waals surface area contributed by atoms with Gasteiger partial charge in [-0.3, -0.25) is 10.1 Å². The van der Waals surface area contributed by atoms with Crippen molar-refractivity contribution < 1.29 is 9.21 Å². The van der Waals surface area contributed by atoms with E-state index in [-0.39, 0.29) is 5.91 Å². The van der Waals surface area contributed by atoms with Crippen molar-refractivity contribution in [3.63, 3.8) is 0 Å². The molecule has 6 nitrogen and oxygen atoms in total. The van der Waals surface area contributed by atoms with Gasteiger partial charge in [0.15, 0.2) is 11.4 Å². The topological polar surface area (TPSA) is 90.4 Å². The minimum atomic E-state index is -0.232. The Morgan fingerprint density at radius 3 is 2.64 bits per heavy atom. The number of furan rings is 1. The molecule has 0 radical (unpaired) electrons. The van der Waals surface area contributed by atoms with Gasteiger partial charge in [-0.15, -0.1) is 0 Å². The molecule has 112 valence electrons. The number of nitrogens with one attached hydrogen (secondary N) is 2. The van der Waals surface area contributed by atoms with Gasteiger partial charge in [0.25, 0.3) is 5.91 Å². The fourth-order valence-corrected chi connectivity index (χ4v) is 2.02. The van der Waals surface area contributed by atoms with Crippen molar-refractivity contribution in [2.24, 2.45) is 4.99 Å². The predicted octanol–water partition coefficient (Wildman–Crippen LogP) is 3.26. The number of amides is 1. The van der Waals surface area contributed by atoms with Crippen molar-refractivity contribution in [1.82, 2.24) is 5.32 Å². The van der Waals surface area contributed by atoms with E-state index >= 15 is 0 Å². The molecule has 0 saturated carbocycles. The summed E-state index contributed by atoms with van der Waals surface area (Å²) in [5.74, 6) is 0.452. The lowest BCUT2D eigenvalue weighted by molar-refractivity contribution is 0.102. The molecule has 0 fully saturated rings. The number of benzene rings is 1. The van der Waals surface area contributed by atoms with E-state index in [0.717, 1.165) is 0 Å². The first kappa shape index (κ1) is 15.7. The number of nitrogens with zero attached hydrogens (tertiary/aromatic N) is 2. The number of aliphatic imine (C=N–C) groups is 1. The maximum Gasteiger partial charge on any atom is 0.258 e. The lowest BCUT2D eigenvalue weighted by atomic mass is 10.2. The van der Waals surface area contributed by atoms with Crippen molar-refractivity contribution in [2.75, 3.05) is 11.6 Å². The number of amidine groups is 1. The summed E-state index contributed by atoms with van der Waals surface area (Å²) in [6.45, 7) is 1.78. The zero-order valence-corrected chi connectivity index (χ0v) is 12.9. The maximum absolute atomic E-state index is 12.0. The molecular weight excluding hydrogens is 300 g/mol. The first-order valence-corrected chi connectivity index (χ1v) is 7.59. The van der Waals surface area contributed by atoms with Gasteiger partial charge in [0.2, 0.25) is 0 Å². The maximum atomic E-state index is 12.0. The zero-order valence-electron chi connectivity index (χ0n) is 12.1. The average molecular weight is 314 g/mol. The molecule has 0 aliphatic rings. The van der Waals surface area contributed by atoms with Crippen LogP contribution < -0.4 is 10.6 Å². The number of hydrogen-bond acceptors (Lipinski definition) is 5. The van der Waals surface area contributed by atoms with E-state index in [2.05, 4.69) is 15.6 Å². The Labute approximate surface area is 132 Å². The Morgan fingerprint density at radius 2 is 2.09 bits per heavy atom. The van der Waals surface area contributed by atoms with Gasteiger partial charge in [-0.1, -0.05) is 11.8 Å². The summed E-state index contributed by atoms with van der Waals surface area (Å²) in [5, 5.41) is 14.4. The number of thioether (sulfide) groups is 1. The molecule has 2 N–H and O–H groups in total. The van der Waals surface area contributed by atoms with Crippen LogP contribution in [-0.2, 0) is 0 Å². The summed E-state index contributed by atoms with van der Waals surface area (Å²) in [6, 6.07) is 8.67. The molecule has 1 aromatic carbocycles. The lowest BCUT2D eigenvalue weighted by Crippen LogP contribution is -2.12. The molecule has 2 aromatic rings. The minimum absolute atomic E-state index is 0.232. The smallest absolute Gasteiger partial charge is 0.258 e. The number of carbonyl (C=O) groups is 1. The molecule has 1 heterocycles. The molecule has 2 rings (SSSR count). The highest BCUT2D eigenvalue weighted by atomic mass is 32.2. The van der Waals surface area contributed by atoms with E-state index in [0.29, 0.717) is 27.9 Å². The number of hydrogen-bond donors (Lipinski definition) is 2. The Morgan fingerprint density at radius 1 is 1.36 bits per heavy atom. The van der Waals surface area contributed by atoms with Crippen LogP contribution >= 0.6 is 11.8 Å². The van der Waals surface area contributed by atoms with E-state index in [1.54, 1.807) is 37.3 Å². The standard InChI is InChI=1S/C15H14N4O2S/c1-10-7-11(8-21-10)14(20)18-12-3-5-13(6-4-12)19-15(22-2)17-9-16/h3-8H,1-2H3,(H,17,19)(H,18,20). The quantitative estimate of drug-likeness (QED) is 0.393. The molecule has 1 amide bonds. The summed E-state index contributed by atoms with van der Waals surface area (Å²) < 4.78 is 5.11. The van der Waals surface area contributed by atoms with Crippen LogP contribution in [0, 0.1) is 18.4 Å². The van der Waals surface area contributed by atoms with Crippen LogP contribution in [0.2, 0.25) is 0 Å². The van der Waals surface area contributed by atoms with Crippen molar-refractivity contribution in [2.45, 2.75) is 6.92 Å². The van der Waals surface area contributed by atoms with Gasteiger partial charge >= 0.3 is 0 Å². The van der Waals surface area contributed by atoms with Crippen molar-refractivity contribution in [3.8, 4) is 6.19 Å². The van der Waals surface area contributed by atoms with E-state index in [1.807, 2.05) is 12.4 Å². The SMILES string of the molecule is CSC(=Nc1ccc(NC(=O)c2coc(C)c2)cc1)NC#N. The third-order valence-corrected chi connectivity index (χ3v) is 3.28. The second-order valence-corrected chi connectivity index (χ2v) is 5.10. The molecule has 1 aromatic heterocycles. The second-order valence-electron chi connectivity index (χ2n) is 4.30. The number of anilines is 1. The van der Waals surface area contributed by atoms with Crippen molar-refractivity contribution in [3.05, 3.63) is 47.9 Å². The van der Waals surface area contributed by atoms with Crippen molar-refractivity contribution in [1.29, 1.82) is 5.26 Å². The monoisotopic (exact) mass is 314 g/mol. The zero-order chi connectivity index (χ0) is 15.9. The lowest BCUT2D eigenvalue weighted by Gasteiger charge is -2.04. The van der Waals surface area contributed by atoms with Crippen LogP contribution in [0.1, 0.15) is 16.1 Å². The number of rotatable bonds is 3. The Hall–Kier alpha value is -2.72. The predicted molar refractivity (Wildman–Crippen MR) is 87.2 cm³/mol. The molecular formula is C15H14N4O2S. The minimum Gasteiger partial charge on any atom is -0.469 e. The first-order chi connectivity index (χ1) is 10.6. The summed E-state index contributed by atoms with van der Waals surface area (Å²) in [6.07, 6.45) is 5.07. The molecule has 7 heteroatoms. The molecule has 0 unspecified atom stereocenters. The molecule has 0 saturated heterocycles. The van der Waals surface area contributed by atoms with E-state index in [9.17, 15) is 4.79 Å². The third-order valence-electron chi connectivity index (χ3n) is 2.70. The third kappa shape index (κ3) is 4.14. The van der Waals surface area contributed by atoms with Gasteiger partial charge in [0.05, 0.1) is 11.3 Å². The average Bonchev–Trinajstić information content (AvgIpc) is 2.95. The summed E-state index contributed by atoms with van der Waals surface area (Å²) in [5.41, 5.74) is 1.81. The van der Waals surface area contributed by atoms with E-state index in [4.69, 9.17) is 9.68 Å². The summed E-state index contributed by atoms with van der Waals surface area (Å²) in [7, 11) is 0. The fraction of sp³-hybridized carbons (Fsp3) is 0.133. The Kier molecular flexibility index (Phi) is 5.22. The van der Waals surface area contributed by atoms with Gasteiger partial charge in [0.1, 0.15) is 12.0 Å². The Bertz CT molecular complexity index is 729. The number of carbonyl (C=O) groups excluding carboxylic acids is 1. The van der Waals surface area contributed by atoms with Gasteiger partial charge in [-0.25, -0.2) is 4.99 Å². The van der Waals surface area contributed by atoms with Crippen LogP contribution in [0.15, 0.2) is 46.0 Å². The van der Waals surface area contributed by atoms with E-state index < -0.39 is 0 Å². The van der Waals surface area contributed by atoms with E-state index in [1.165, 1.54) is 18.0 Å². The highest BCUT2D eigenvalue weighted by molar-refractivity contribution is 8.13. The van der Waals surface area contributed by atoms with Crippen molar-refractivity contribution >= 4 is 34.2 Å². The highest BCUT2D eigenvalue weighted by Crippen LogP contribution is 2.18. The van der Waals surface area contributed by atoms with Crippen LogP contribution in [0.4, 0.5) is 11.4 Å². The van der Waals surface area contributed by atoms with Crippen LogP contribution in [0.5, 0.6) is 0 Å². The van der Waals surface area contributed by atoms with Crippen LogP contribution in [-0.4, -0.2) is 17.3 Å². The largest absolute Gasteiger partial charge is 0.469 e. The molecule has 0 aliphatic heterocycles. The molecule has 0 spiro atoms. The number of nitriles is 1. The fourth-order valence-electron chi connectivity index (χ4n) is 1.67. The summed E-state index contributed by atoms with van der Waals surface area (Å²) >= 11 is 1.34. The van der Waals surface area contributed by atoms with Gasteiger partial charge in [-0.05, 0) is 43.5 Å². The normalized spacial score (nSPS) is 10.9. The molecule has 0 bridgehead atoms. The van der Waals surface area contributed by atoms with Gasteiger partial charge in [-0.2, -0.15) is 5.26 Å². The summed E-state index contributed by atoms with van der Waals surface area (Å²) in [4.78, 5) is 16.2. The van der Waals surface area contributed by atoms with Crippen LogP contribution in [0.3, 0.4) is 0 Å². The molecule has 22 heavy (non-hydrogen) atoms. The van der Waals surface area contributed by atoms with Crippen LogP contribution in [0.25, 0.3) is 0 Å².